The average molecular weight is 986 g/mol. The summed E-state index contributed by atoms with van der Waals surface area (Å²) in [6.07, 6.45) is 19.8. The van der Waals surface area contributed by atoms with Crippen LogP contribution in [0.2, 0.25) is 0 Å². The van der Waals surface area contributed by atoms with Crippen LogP contribution in [0.1, 0.15) is 200 Å². The molecule has 18 nitrogen and oxygen atoms in total. The molecule has 0 aromatic heterocycles. The number of hydrogen-bond donors (Lipinski definition) is 6. The van der Waals surface area contributed by atoms with Crippen molar-refractivity contribution in [1.29, 1.82) is 0 Å². The van der Waals surface area contributed by atoms with Crippen molar-refractivity contribution in [2.24, 2.45) is 5.41 Å². The lowest BCUT2D eigenvalue weighted by Gasteiger charge is -2.33. The summed E-state index contributed by atoms with van der Waals surface area (Å²) in [5, 5.41) is 35.1. The summed E-state index contributed by atoms with van der Waals surface area (Å²) in [6.45, 7) is 3.88. The third-order valence-electron chi connectivity index (χ3n) is 11.5. The van der Waals surface area contributed by atoms with E-state index in [1.54, 1.807) is 6.92 Å². The molecule has 6 N–H and O–H groups in total. The maximum atomic E-state index is 12.7. The van der Waals surface area contributed by atoms with Crippen LogP contribution in [0.4, 0.5) is 0 Å². The van der Waals surface area contributed by atoms with Crippen molar-refractivity contribution >= 4 is 47.2 Å². The summed E-state index contributed by atoms with van der Waals surface area (Å²) in [7, 11) is 0. The number of aliphatic carboxylic acids is 3. The van der Waals surface area contributed by atoms with Crippen molar-refractivity contribution in [1.82, 2.24) is 16.0 Å². The number of Topliss-reactive ketones (excluding diaryl/α,β-unsaturated/α-hetero) is 2. The molecule has 0 aliphatic carbocycles. The van der Waals surface area contributed by atoms with E-state index in [0.717, 1.165) is 116 Å². The highest BCUT2D eigenvalue weighted by Gasteiger charge is 2.33. The van der Waals surface area contributed by atoms with Gasteiger partial charge in [-0.2, -0.15) is 0 Å². The maximum Gasteiger partial charge on any atom is 0.303 e. The molecule has 0 aliphatic rings. The van der Waals surface area contributed by atoms with Crippen molar-refractivity contribution < 1.29 is 72.6 Å². The molecule has 0 aliphatic heterocycles. The lowest BCUT2D eigenvalue weighted by molar-refractivity contribution is -0.138. The largest absolute Gasteiger partial charge is 0.481 e. The lowest BCUT2D eigenvalue weighted by Crippen LogP contribution is -2.42. The number of carboxylic acids is 3. The zero-order chi connectivity index (χ0) is 51.1. The van der Waals surface area contributed by atoms with Gasteiger partial charge in [-0.15, -0.1) is 0 Å². The zero-order valence-corrected chi connectivity index (χ0v) is 42.2. The molecule has 400 valence electrons. The molecule has 69 heavy (non-hydrogen) atoms. The molecule has 0 unspecified atom stereocenters. The van der Waals surface area contributed by atoms with Crippen LogP contribution in [0.25, 0.3) is 0 Å². The average Bonchev–Trinajstić information content (AvgIpc) is 3.29. The van der Waals surface area contributed by atoms with E-state index in [1.807, 2.05) is 0 Å². The molecule has 0 rings (SSSR count). The van der Waals surface area contributed by atoms with Crippen molar-refractivity contribution in [2.45, 2.75) is 200 Å². The normalized spacial score (nSPS) is 11.3. The van der Waals surface area contributed by atoms with Gasteiger partial charge < -0.3 is 55.0 Å². The smallest absolute Gasteiger partial charge is 0.303 e. The Morgan fingerprint density at radius 2 is 0.594 bits per heavy atom. The van der Waals surface area contributed by atoms with E-state index in [0.29, 0.717) is 51.7 Å². The second kappa shape index (κ2) is 46.4. The van der Waals surface area contributed by atoms with E-state index < -0.39 is 23.3 Å². The highest BCUT2D eigenvalue weighted by atomic mass is 16.5. The Balaban J connectivity index is 5.40. The van der Waals surface area contributed by atoms with Crippen molar-refractivity contribution in [3.63, 3.8) is 0 Å². The summed E-state index contributed by atoms with van der Waals surface area (Å²) < 4.78 is 24.4. The number of ether oxygens (including phenoxy) is 4. The van der Waals surface area contributed by atoms with Crippen molar-refractivity contribution in [2.75, 3.05) is 72.5 Å². The topological polar surface area (TPSA) is 270 Å². The van der Waals surface area contributed by atoms with E-state index in [-0.39, 0.29) is 127 Å². The molecule has 0 heterocycles. The van der Waals surface area contributed by atoms with Gasteiger partial charge in [0.05, 0.1) is 58.3 Å². The molecular weight excluding hydrogens is 895 g/mol. The van der Waals surface area contributed by atoms with Crippen molar-refractivity contribution in [3.05, 3.63) is 0 Å². The third kappa shape index (κ3) is 47.5. The Morgan fingerprint density at radius 3 is 0.899 bits per heavy atom. The summed E-state index contributed by atoms with van der Waals surface area (Å²) in [5.41, 5.74) is -0.920. The number of rotatable bonds is 53. The SMILES string of the molecule is CC(=O)CCCCCCCNC(=O)CCOCC(COCCC(=O)CCCCCCCCC(=O)O)(COCCC(=O)NCCCCCCCC(=O)O)COCCC(=O)NCCCCCCCC(=O)O. The standard InChI is InChI=1S/C51H91N3O15/c1-43(55)23-15-7-4-12-20-32-52-45(57)29-36-67-40-51(39-66-35-28-44(56)24-16-8-2-3-9-17-25-48(60)61,41-68-37-30-46(58)53-33-21-13-5-10-18-26-49(62)63)42-69-38-31-47(59)54-34-22-14-6-11-19-27-50(64)65/h2-42H2,1H3,(H,52,57)(H,53,58)(H,54,59)(H,60,61)(H,62,63)(H,64,65). The molecular formula is C51H91N3O15. The Kier molecular flexibility index (Phi) is 43.7. The van der Waals surface area contributed by atoms with Gasteiger partial charge in [0.25, 0.3) is 0 Å². The minimum Gasteiger partial charge on any atom is -0.481 e. The van der Waals surface area contributed by atoms with Crippen LogP contribution in [-0.4, -0.2) is 135 Å². The lowest BCUT2D eigenvalue weighted by atomic mass is 9.92. The fourth-order valence-corrected chi connectivity index (χ4v) is 7.36. The number of unbranched alkanes of at least 4 members (excludes halogenated alkanes) is 17. The quantitative estimate of drug-likeness (QED) is 0.0322. The summed E-state index contributed by atoms with van der Waals surface area (Å²) in [4.78, 5) is 94.0. The van der Waals surface area contributed by atoms with E-state index in [1.165, 1.54) is 0 Å². The van der Waals surface area contributed by atoms with Crippen LogP contribution in [-0.2, 0) is 57.3 Å². The van der Waals surface area contributed by atoms with E-state index in [2.05, 4.69) is 16.0 Å². The predicted octanol–water partition coefficient (Wildman–Crippen LogP) is 7.50. The van der Waals surface area contributed by atoms with Gasteiger partial charge >= 0.3 is 17.9 Å². The fraction of sp³-hybridized carbons (Fsp3) is 0.843. The van der Waals surface area contributed by atoms with Gasteiger partial charge in [-0.05, 0) is 58.3 Å². The number of nitrogens with one attached hydrogen (secondary N) is 3. The molecule has 0 atom stereocenters. The van der Waals surface area contributed by atoms with Crippen molar-refractivity contribution in [3.8, 4) is 0 Å². The van der Waals surface area contributed by atoms with Gasteiger partial charge in [0.15, 0.2) is 0 Å². The van der Waals surface area contributed by atoms with E-state index >= 15 is 0 Å². The van der Waals surface area contributed by atoms with Gasteiger partial charge in [0.2, 0.25) is 17.7 Å². The van der Waals surface area contributed by atoms with Crippen LogP contribution in [0.5, 0.6) is 0 Å². The predicted molar refractivity (Wildman–Crippen MR) is 262 cm³/mol. The molecule has 18 heteroatoms. The molecule has 0 aromatic rings. The third-order valence-corrected chi connectivity index (χ3v) is 11.5. The first kappa shape index (κ1) is 65.0. The second-order valence-electron chi connectivity index (χ2n) is 18.4. The monoisotopic (exact) mass is 986 g/mol. The van der Waals surface area contributed by atoms with Crippen LogP contribution >= 0.6 is 0 Å². The van der Waals surface area contributed by atoms with Gasteiger partial charge in [0, 0.05) is 77.4 Å². The molecule has 0 radical (unpaired) electrons. The van der Waals surface area contributed by atoms with Gasteiger partial charge in [0.1, 0.15) is 11.6 Å². The summed E-state index contributed by atoms with van der Waals surface area (Å²) in [6, 6.07) is 0. The summed E-state index contributed by atoms with van der Waals surface area (Å²) >= 11 is 0. The minimum absolute atomic E-state index is 0.0638. The molecule has 0 spiro atoms. The molecule has 0 fully saturated rings. The Labute approximate surface area is 412 Å². The molecule has 3 amide bonds. The van der Waals surface area contributed by atoms with E-state index in [9.17, 15) is 38.4 Å². The maximum absolute atomic E-state index is 12.7. The number of amides is 3. The van der Waals surface area contributed by atoms with E-state index in [4.69, 9.17) is 34.3 Å². The Hall–Kier alpha value is -4.00. The summed E-state index contributed by atoms with van der Waals surface area (Å²) in [5.74, 6) is -2.60. The molecule has 0 bridgehead atoms. The molecule has 0 saturated heterocycles. The second-order valence-corrected chi connectivity index (χ2v) is 18.4. The number of carbonyl (C=O) groups excluding carboxylic acids is 5. The molecule has 0 aromatic carbocycles. The zero-order valence-electron chi connectivity index (χ0n) is 42.2. The van der Waals surface area contributed by atoms with Gasteiger partial charge in [-0.25, -0.2) is 0 Å². The fourth-order valence-electron chi connectivity index (χ4n) is 7.36. The van der Waals surface area contributed by atoms with Gasteiger partial charge in [-0.1, -0.05) is 83.5 Å². The first-order valence-corrected chi connectivity index (χ1v) is 26.0. The minimum atomic E-state index is -0.920. The number of ketones is 2. The first-order chi connectivity index (χ1) is 33.2. The first-order valence-electron chi connectivity index (χ1n) is 26.0. The van der Waals surface area contributed by atoms with Crippen LogP contribution < -0.4 is 16.0 Å². The van der Waals surface area contributed by atoms with Crippen LogP contribution in [0, 0.1) is 5.41 Å². The number of carboxylic acid groups (broad SMARTS) is 3. The number of hydrogen-bond acceptors (Lipinski definition) is 12. The van der Waals surface area contributed by atoms with Gasteiger partial charge in [-0.3, -0.25) is 33.6 Å². The highest BCUT2D eigenvalue weighted by molar-refractivity contribution is 5.78. The highest BCUT2D eigenvalue weighted by Crippen LogP contribution is 2.22. The van der Waals surface area contributed by atoms with Crippen LogP contribution in [0.3, 0.4) is 0 Å². The molecule has 0 saturated carbocycles. The Morgan fingerprint density at radius 1 is 0.333 bits per heavy atom. The number of carbonyl (C=O) groups is 8. The van der Waals surface area contributed by atoms with Crippen LogP contribution in [0.15, 0.2) is 0 Å². The Bertz CT molecular complexity index is 1190.